The molecule has 0 radical (unpaired) electrons. The zero-order chi connectivity index (χ0) is 14.9. The van der Waals surface area contributed by atoms with E-state index in [1.54, 1.807) is 15.6 Å². The van der Waals surface area contributed by atoms with E-state index in [0.29, 0.717) is 6.54 Å². The van der Waals surface area contributed by atoms with Crippen molar-refractivity contribution in [2.75, 3.05) is 0 Å². The molecule has 0 amide bonds. The normalized spacial score (nSPS) is 15.5. The predicted octanol–water partition coefficient (Wildman–Crippen LogP) is 3.55. The molecule has 112 valence electrons. The molecule has 1 aliphatic carbocycles. The summed E-state index contributed by atoms with van der Waals surface area (Å²) < 4.78 is 27.1. The van der Waals surface area contributed by atoms with Crippen LogP contribution < -0.4 is 0 Å². The van der Waals surface area contributed by atoms with Gasteiger partial charge in [0.05, 0.1) is 5.75 Å². The lowest BCUT2D eigenvalue weighted by Crippen LogP contribution is -2.33. The van der Waals surface area contributed by atoms with Crippen LogP contribution in [0.2, 0.25) is 0 Å². The first kappa shape index (κ1) is 14.8. The van der Waals surface area contributed by atoms with Crippen molar-refractivity contribution >= 4 is 21.4 Å². The first-order valence-electron chi connectivity index (χ1n) is 7.11. The number of benzene rings is 1. The van der Waals surface area contributed by atoms with Crippen molar-refractivity contribution in [1.29, 1.82) is 0 Å². The summed E-state index contributed by atoms with van der Waals surface area (Å²) in [7, 11) is -3.26. The maximum atomic E-state index is 12.7. The SMILES string of the molecule is Cc1ccc(CS(=O)(=O)N(Cc2ccsc2)C2CC2)cc1. The quantitative estimate of drug-likeness (QED) is 0.816. The first-order chi connectivity index (χ1) is 10.0. The van der Waals surface area contributed by atoms with E-state index in [1.165, 1.54) is 0 Å². The molecule has 0 bridgehead atoms. The van der Waals surface area contributed by atoms with E-state index in [-0.39, 0.29) is 11.8 Å². The molecule has 0 aliphatic heterocycles. The predicted molar refractivity (Wildman–Crippen MR) is 86.7 cm³/mol. The van der Waals surface area contributed by atoms with Crippen LogP contribution in [0.5, 0.6) is 0 Å². The highest BCUT2D eigenvalue weighted by atomic mass is 32.2. The number of aryl methyl sites for hydroxylation is 1. The summed E-state index contributed by atoms with van der Waals surface area (Å²) in [5.74, 6) is 0.0912. The van der Waals surface area contributed by atoms with Crippen molar-refractivity contribution in [1.82, 2.24) is 4.31 Å². The number of sulfonamides is 1. The Labute approximate surface area is 130 Å². The Morgan fingerprint density at radius 2 is 1.86 bits per heavy atom. The minimum Gasteiger partial charge on any atom is -0.212 e. The molecular weight excluding hydrogens is 302 g/mol. The van der Waals surface area contributed by atoms with Crippen LogP contribution in [0.25, 0.3) is 0 Å². The summed E-state index contributed by atoms with van der Waals surface area (Å²) in [6, 6.07) is 9.93. The number of thiophene rings is 1. The molecule has 21 heavy (non-hydrogen) atoms. The van der Waals surface area contributed by atoms with Crippen molar-refractivity contribution in [3.8, 4) is 0 Å². The highest BCUT2D eigenvalue weighted by Gasteiger charge is 2.37. The van der Waals surface area contributed by atoms with Crippen molar-refractivity contribution in [3.63, 3.8) is 0 Å². The molecule has 1 fully saturated rings. The average molecular weight is 321 g/mol. The van der Waals surface area contributed by atoms with E-state index in [2.05, 4.69) is 0 Å². The van der Waals surface area contributed by atoms with E-state index in [4.69, 9.17) is 0 Å². The van der Waals surface area contributed by atoms with Gasteiger partial charge in [0, 0.05) is 12.6 Å². The average Bonchev–Trinajstić information content (AvgIpc) is 3.14. The molecular formula is C16H19NO2S2. The van der Waals surface area contributed by atoms with Crippen molar-refractivity contribution in [2.24, 2.45) is 0 Å². The van der Waals surface area contributed by atoms with Gasteiger partial charge >= 0.3 is 0 Å². The number of hydrogen-bond donors (Lipinski definition) is 0. The summed E-state index contributed by atoms with van der Waals surface area (Å²) >= 11 is 1.61. The van der Waals surface area contributed by atoms with Gasteiger partial charge in [-0.2, -0.15) is 15.6 Å². The molecule has 1 aromatic carbocycles. The van der Waals surface area contributed by atoms with Crippen LogP contribution in [0.1, 0.15) is 29.5 Å². The maximum absolute atomic E-state index is 12.7. The topological polar surface area (TPSA) is 37.4 Å². The van der Waals surface area contributed by atoms with Gasteiger partial charge in [-0.25, -0.2) is 8.42 Å². The molecule has 0 saturated heterocycles. The van der Waals surface area contributed by atoms with E-state index in [9.17, 15) is 8.42 Å². The van der Waals surface area contributed by atoms with E-state index in [0.717, 1.165) is 29.5 Å². The van der Waals surface area contributed by atoms with E-state index < -0.39 is 10.0 Å². The third-order valence-electron chi connectivity index (χ3n) is 3.70. The summed E-state index contributed by atoms with van der Waals surface area (Å²) in [4.78, 5) is 0. The Balaban J connectivity index is 1.78. The smallest absolute Gasteiger partial charge is 0.212 e. The largest absolute Gasteiger partial charge is 0.218 e. The second-order valence-electron chi connectivity index (χ2n) is 5.65. The van der Waals surface area contributed by atoms with Gasteiger partial charge in [-0.1, -0.05) is 29.8 Å². The third kappa shape index (κ3) is 3.73. The van der Waals surface area contributed by atoms with Crippen LogP contribution in [-0.4, -0.2) is 18.8 Å². The molecule has 3 nitrogen and oxygen atoms in total. The lowest BCUT2D eigenvalue weighted by Gasteiger charge is -2.21. The van der Waals surface area contributed by atoms with Gasteiger partial charge in [-0.15, -0.1) is 0 Å². The lowest BCUT2D eigenvalue weighted by atomic mass is 10.2. The minimum absolute atomic E-state index is 0.0912. The van der Waals surface area contributed by atoms with Crippen molar-refractivity contribution in [2.45, 2.75) is 38.1 Å². The van der Waals surface area contributed by atoms with Crippen LogP contribution in [-0.2, 0) is 22.3 Å². The van der Waals surface area contributed by atoms with Gasteiger partial charge < -0.3 is 0 Å². The minimum atomic E-state index is -3.26. The van der Waals surface area contributed by atoms with Crippen LogP contribution in [0.4, 0.5) is 0 Å². The zero-order valence-electron chi connectivity index (χ0n) is 12.0. The molecule has 0 atom stereocenters. The van der Waals surface area contributed by atoms with Crippen LogP contribution in [0, 0.1) is 6.92 Å². The fourth-order valence-electron chi connectivity index (χ4n) is 2.36. The van der Waals surface area contributed by atoms with Gasteiger partial charge in [-0.05, 0) is 47.7 Å². The van der Waals surface area contributed by atoms with Crippen LogP contribution in [0.15, 0.2) is 41.1 Å². The Kier molecular flexibility index (Phi) is 4.15. The van der Waals surface area contributed by atoms with Gasteiger partial charge in [0.15, 0.2) is 0 Å². The monoisotopic (exact) mass is 321 g/mol. The molecule has 0 N–H and O–H groups in total. The van der Waals surface area contributed by atoms with Crippen LogP contribution in [0.3, 0.4) is 0 Å². The van der Waals surface area contributed by atoms with Gasteiger partial charge in [0.2, 0.25) is 10.0 Å². The number of hydrogen-bond acceptors (Lipinski definition) is 3. The highest BCUT2D eigenvalue weighted by molar-refractivity contribution is 7.88. The molecule has 3 rings (SSSR count). The third-order valence-corrected chi connectivity index (χ3v) is 6.27. The summed E-state index contributed by atoms with van der Waals surface area (Å²) in [6.45, 7) is 2.51. The van der Waals surface area contributed by atoms with Crippen molar-refractivity contribution < 1.29 is 8.42 Å². The van der Waals surface area contributed by atoms with Gasteiger partial charge in [0.25, 0.3) is 0 Å². The number of nitrogens with zero attached hydrogens (tertiary/aromatic N) is 1. The Hall–Kier alpha value is -1.17. The van der Waals surface area contributed by atoms with E-state index in [1.807, 2.05) is 48.0 Å². The molecule has 1 saturated carbocycles. The zero-order valence-corrected chi connectivity index (χ0v) is 13.7. The van der Waals surface area contributed by atoms with Crippen LogP contribution >= 0.6 is 11.3 Å². The summed E-state index contributed by atoms with van der Waals surface area (Å²) in [5, 5.41) is 4.02. The Morgan fingerprint density at radius 1 is 1.14 bits per heavy atom. The molecule has 2 aromatic rings. The first-order valence-corrected chi connectivity index (χ1v) is 9.66. The molecule has 5 heteroatoms. The summed E-state index contributed by atoms with van der Waals surface area (Å²) in [6.07, 6.45) is 1.97. The lowest BCUT2D eigenvalue weighted by molar-refractivity contribution is 0.398. The fraction of sp³-hybridized carbons (Fsp3) is 0.375. The Morgan fingerprint density at radius 3 is 2.43 bits per heavy atom. The van der Waals surface area contributed by atoms with E-state index >= 15 is 0 Å². The standard InChI is InChI=1S/C16H19NO2S2/c1-13-2-4-14(5-3-13)12-21(18,19)17(16-6-7-16)10-15-8-9-20-11-15/h2-5,8-9,11,16H,6-7,10,12H2,1H3. The maximum Gasteiger partial charge on any atom is 0.218 e. The molecule has 1 aromatic heterocycles. The van der Waals surface area contributed by atoms with Gasteiger partial charge in [0.1, 0.15) is 0 Å². The Bertz CT molecular complexity index is 686. The number of rotatable bonds is 6. The van der Waals surface area contributed by atoms with Crippen molar-refractivity contribution in [3.05, 3.63) is 57.8 Å². The second-order valence-corrected chi connectivity index (χ2v) is 8.35. The fourth-order valence-corrected chi connectivity index (χ4v) is 4.81. The molecule has 0 unspecified atom stereocenters. The highest BCUT2D eigenvalue weighted by Crippen LogP contribution is 2.32. The van der Waals surface area contributed by atoms with Gasteiger partial charge in [-0.3, -0.25) is 0 Å². The molecule has 0 spiro atoms. The molecule has 1 aliphatic rings. The second kappa shape index (κ2) is 5.91. The molecule has 1 heterocycles. The summed E-state index contributed by atoms with van der Waals surface area (Å²) in [5.41, 5.74) is 3.09.